The van der Waals surface area contributed by atoms with Crippen LogP contribution in [-0.2, 0) is 28.6 Å². The van der Waals surface area contributed by atoms with Gasteiger partial charge in [-0.25, -0.2) is 0 Å². The average molecular weight is 411 g/mol. The largest absolute Gasteiger partial charge is 0.481 e. The number of H-pyrrole nitrogens is 1. The molecular formula is C16H21N5O8. The predicted molar refractivity (Wildman–Crippen MR) is 96.8 cm³/mol. The Balaban J connectivity index is 2.03. The van der Waals surface area contributed by atoms with Gasteiger partial charge in [-0.05, 0) is 6.92 Å². The fraction of sp³-hybridized carbons (Fsp3) is 0.562. The van der Waals surface area contributed by atoms with E-state index in [4.69, 9.17) is 19.9 Å². The molecule has 1 aromatic heterocycles. The van der Waals surface area contributed by atoms with E-state index in [2.05, 4.69) is 15.3 Å². The highest BCUT2D eigenvalue weighted by Crippen LogP contribution is 2.38. The number of anilines is 3. The van der Waals surface area contributed by atoms with Crippen molar-refractivity contribution in [3.63, 3.8) is 0 Å². The maximum atomic E-state index is 12.1. The van der Waals surface area contributed by atoms with Gasteiger partial charge in [0.25, 0.3) is 5.56 Å². The number of carbonyl (C=O) groups is 3. The van der Waals surface area contributed by atoms with E-state index in [1.54, 1.807) is 0 Å². The smallest absolute Gasteiger partial charge is 0.309 e. The first-order chi connectivity index (χ1) is 13.6. The Labute approximate surface area is 164 Å². The molecule has 3 heterocycles. The number of nitrogens with two attached hydrogens (primary N) is 1. The minimum Gasteiger partial charge on any atom is -0.481 e. The molecule has 5 N–H and O–H groups in total. The van der Waals surface area contributed by atoms with E-state index in [1.165, 1.54) is 11.8 Å². The second-order valence-corrected chi connectivity index (χ2v) is 6.72. The summed E-state index contributed by atoms with van der Waals surface area (Å²) >= 11 is 0. The number of hydrogen-bond donors (Lipinski definition) is 4. The molecule has 2 aliphatic rings. The third kappa shape index (κ3) is 3.81. The molecule has 29 heavy (non-hydrogen) atoms. The molecule has 0 spiro atoms. The van der Waals surface area contributed by atoms with Gasteiger partial charge in [0.15, 0.2) is 24.3 Å². The maximum Gasteiger partial charge on any atom is 0.309 e. The normalized spacial score (nSPS) is 26.4. The van der Waals surface area contributed by atoms with Gasteiger partial charge in [-0.1, -0.05) is 0 Å². The number of rotatable bonds is 5. The fourth-order valence-corrected chi connectivity index (χ4v) is 3.40. The van der Waals surface area contributed by atoms with Gasteiger partial charge in [-0.15, -0.1) is 0 Å². The molecule has 0 aliphatic carbocycles. The predicted octanol–water partition coefficient (Wildman–Crippen LogP) is -1.15. The quantitative estimate of drug-likeness (QED) is 0.427. The van der Waals surface area contributed by atoms with Crippen molar-refractivity contribution in [2.75, 3.05) is 22.6 Å². The van der Waals surface area contributed by atoms with Crippen LogP contribution in [0.3, 0.4) is 0 Å². The van der Waals surface area contributed by atoms with Crippen molar-refractivity contribution in [2.24, 2.45) is 5.92 Å². The van der Waals surface area contributed by atoms with Crippen LogP contribution in [0.25, 0.3) is 0 Å². The van der Waals surface area contributed by atoms with Crippen LogP contribution < -0.4 is 21.5 Å². The number of esters is 2. The second-order valence-electron chi connectivity index (χ2n) is 6.72. The number of nitrogens with one attached hydrogen (secondary N) is 2. The lowest BCUT2D eigenvalue weighted by Crippen LogP contribution is -2.48. The minimum atomic E-state index is -1.19. The topological polar surface area (TPSA) is 186 Å². The van der Waals surface area contributed by atoms with Crippen LogP contribution in [0.2, 0.25) is 0 Å². The van der Waals surface area contributed by atoms with Gasteiger partial charge in [-0.3, -0.25) is 24.2 Å². The number of aliphatic carboxylic acids is 1. The lowest BCUT2D eigenvalue weighted by Gasteiger charge is -2.29. The summed E-state index contributed by atoms with van der Waals surface area (Å²) in [6.07, 6.45) is -4.55. The van der Waals surface area contributed by atoms with Crippen LogP contribution >= 0.6 is 0 Å². The molecule has 13 nitrogen and oxygen atoms in total. The van der Waals surface area contributed by atoms with Crippen LogP contribution in [0, 0.1) is 5.92 Å². The van der Waals surface area contributed by atoms with Crippen molar-refractivity contribution < 1.29 is 33.7 Å². The van der Waals surface area contributed by atoms with Gasteiger partial charge in [0.05, 0.1) is 12.6 Å². The molecule has 3 rings (SSSR count). The lowest BCUT2D eigenvalue weighted by molar-refractivity contribution is -0.166. The monoisotopic (exact) mass is 411 g/mol. The fourth-order valence-electron chi connectivity index (χ4n) is 3.40. The number of nitrogens with zero attached hydrogens (tertiary/aromatic N) is 2. The lowest BCUT2D eigenvalue weighted by atomic mass is 9.98. The Bertz CT molecular complexity index is 902. The third-order valence-electron chi connectivity index (χ3n) is 4.64. The summed E-state index contributed by atoms with van der Waals surface area (Å²) in [5, 5.41) is 12.3. The number of carbonyl (C=O) groups excluding carboxylic acids is 2. The molecule has 0 saturated carbocycles. The molecule has 158 valence electrons. The molecule has 1 unspecified atom stereocenters. The van der Waals surface area contributed by atoms with Crippen LogP contribution in [0.15, 0.2) is 4.79 Å². The van der Waals surface area contributed by atoms with Gasteiger partial charge in [-0.2, -0.15) is 4.98 Å². The molecule has 5 atom stereocenters. The highest BCUT2D eigenvalue weighted by Gasteiger charge is 2.55. The van der Waals surface area contributed by atoms with Crippen molar-refractivity contribution in [1.82, 2.24) is 9.97 Å². The van der Waals surface area contributed by atoms with Crippen LogP contribution in [0.4, 0.5) is 17.5 Å². The van der Waals surface area contributed by atoms with Crippen LogP contribution in [-0.4, -0.2) is 64.2 Å². The summed E-state index contributed by atoms with van der Waals surface area (Å²) in [7, 11) is 0. The number of aromatic nitrogens is 2. The number of fused-ring (bicyclic) bond motifs is 1. The van der Waals surface area contributed by atoms with Gasteiger partial charge in [0.2, 0.25) is 5.95 Å². The summed E-state index contributed by atoms with van der Waals surface area (Å²) < 4.78 is 16.5. The van der Waals surface area contributed by atoms with E-state index < -0.39 is 53.9 Å². The summed E-state index contributed by atoms with van der Waals surface area (Å²) in [5.74, 6) is -3.66. The first kappa shape index (κ1) is 20.4. The molecule has 0 bridgehead atoms. The van der Waals surface area contributed by atoms with Crippen LogP contribution in [0.1, 0.15) is 20.8 Å². The standard InChI is InChI=1S/C16H21N5O8/c1-5(15(25)26)9-10(27-6(2)22)11(28-7(3)23)14(29-9)21-4-18-8-12(21)19-16(17)20-13(8)24/h5,9-11,14,18H,4H2,1-3H3,(H,25,26)(H3,17,19,20,24)/t5?,9-,10-,11-,14-/m1/s1. The van der Waals surface area contributed by atoms with Crippen molar-refractivity contribution in [1.29, 1.82) is 0 Å². The molecule has 1 fully saturated rings. The first-order valence-electron chi connectivity index (χ1n) is 8.73. The second kappa shape index (κ2) is 7.58. The van der Waals surface area contributed by atoms with E-state index >= 15 is 0 Å². The molecule has 0 radical (unpaired) electrons. The summed E-state index contributed by atoms with van der Waals surface area (Å²) in [6.45, 7) is 3.73. The number of aromatic amines is 1. The van der Waals surface area contributed by atoms with Crippen molar-refractivity contribution in [2.45, 2.75) is 45.3 Å². The summed E-state index contributed by atoms with van der Waals surface area (Å²) in [4.78, 5) is 54.8. The molecule has 13 heteroatoms. The average Bonchev–Trinajstić information content (AvgIpc) is 3.15. The number of carboxylic acids is 1. The highest BCUT2D eigenvalue weighted by atomic mass is 16.6. The number of hydrogen-bond acceptors (Lipinski definition) is 11. The van der Waals surface area contributed by atoms with Gasteiger partial charge < -0.3 is 35.3 Å². The van der Waals surface area contributed by atoms with E-state index in [0.29, 0.717) is 0 Å². The zero-order chi connectivity index (χ0) is 21.5. The highest BCUT2D eigenvalue weighted by molar-refractivity contribution is 5.73. The van der Waals surface area contributed by atoms with E-state index in [0.717, 1.165) is 13.8 Å². The zero-order valence-electron chi connectivity index (χ0n) is 15.9. The van der Waals surface area contributed by atoms with Crippen molar-refractivity contribution in [3.05, 3.63) is 10.4 Å². The van der Waals surface area contributed by atoms with E-state index in [-0.39, 0.29) is 24.1 Å². The third-order valence-corrected chi connectivity index (χ3v) is 4.64. The molecule has 0 amide bonds. The Hall–Kier alpha value is -3.35. The van der Waals surface area contributed by atoms with Crippen molar-refractivity contribution in [3.8, 4) is 0 Å². The van der Waals surface area contributed by atoms with E-state index in [1.807, 2.05) is 0 Å². The van der Waals surface area contributed by atoms with Crippen molar-refractivity contribution >= 4 is 35.4 Å². The Morgan fingerprint density at radius 3 is 2.48 bits per heavy atom. The van der Waals surface area contributed by atoms with Gasteiger partial charge in [0.1, 0.15) is 11.8 Å². The Morgan fingerprint density at radius 1 is 1.28 bits per heavy atom. The Kier molecular flexibility index (Phi) is 5.33. The van der Waals surface area contributed by atoms with Gasteiger partial charge >= 0.3 is 17.9 Å². The van der Waals surface area contributed by atoms with Crippen LogP contribution in [0.5, 0.6) is 0 Å². The molecule has 0 aromatic carbocycles. The molecule has 1 aromatic rings. The molecule has 1 saturated heterocycles. The SMILES string of the molecule is CC(=O)O[C@@H]1[C@H](OC(C)=O)[C@@H](C(C)C(=O)O)O[C@H]1N1CNc2c1nc(N)[nH]c2=O. The molecular weight excluding hydrogens is 390 g/mol. The number of ether oxygens (including phenoxy) is 3. The number of carboxylic acid groups (broad SMARTS) is 1. The van der Waals surface area contributed by atoms with Gasteiger partial charge in [0, 0.05) is 13.8 Å². The van der Waals surface area contributed by atoms with E-state index in [9.17, 15) is 24.3 Å². The zero-order valence-corrected chi connectivity index (χ0v) is 15.9. The minimum absolute atomic E-state index is 0.0399. The maximum absolute atomic E-state index is 12.1. The summed E-state index contributed by atoms with van der Waals surface area (Å²) in [5.41, 5.74) is 5.24. The molecule has 2 aliphatic heterocycles. The number of nitrogen functional groups attached to an aromatic ring is 1. The Morgan fingerprint density at radius 2 is 1.90 bits per heavy atom. The summed E-state index contributed by atoms with van der Waals surface area (Å²) in [6, 6.07) is 0. The first-order valence-corrected chi connectivity index (χ1v) is 8.73.